The van der Waals surface area contributed by atoms with E-state index < -0.39 is 0 Å². The highest BCUT2D eigenvalue weighted by Gasteiger charge is 2.27. The van der Waals surface area contributed by atoms with Crippen LogP contribution in [0, 0.1) is 5.82 Å². The summed E-state index contributed by atoms with van der Waals surface area (Å²) in [5.41, 5.74) is 8.31. The number of fused-ring (bicyclic) bond motifs is 4. The number of halogens is 1. The molecule has 0 bridgehead atoms. The second-order valence-electron chi connectivity index (χ2n) is 8.42. The van der Waals surface area contributed by atoms with E-state index in [9.17, 15) is 9.18 Å². The van der Waals surface area contributed by atoms with Gasteiger partial charge in [-0.1, -0.05) is 45.0 Å². The van der Waals surface area contributed by atoms with Gasteiger partial charge in [-0.25, -0.2) is 4.39 Å². The van der Waals surface area contributed by atoms with Crippen molar-refractivity contribution in [1.29, 1.82) is 0 Å². The molecule has 0 spiro atoms. The van der Waals surface area contributed by atoms with Crippen LogP contribution in [0.3, 0.4) is 0 Å². The van der Waals surface area contributed by atoms with Crippen molar-refractivity contribution in [2.24, 2.45) is 0 Å². The van der Waals surface area contributed by atoms with Crippen LogP contribution >= 0.6 is 0 Å². The number of pyridine rings is 1. The van der Waals surface area contributed by atoms with E-state index in [0.29, 0.717) is 12.3 Å². The molecule has 150 valence electrons. The van der Waals surface area contributed by atoms with Crippen LogP contribution in [0.4, 0.5) is 4.39 Å². The molecule has 3 heteroatoms. The van der Waals surface area contributed by atoms with Crippen LogP contribution in [0.15, 0.2) is 65.5 Å². The van der Waals surface area contributed by atoms with E-state index in [2.05, 4.69) is 49.6 Å². The summed E-state index contributed by atoms with van der Waals surface area (Å²) < 4.78 is 15.8. The lowest BCUT2D eigenvalue weighted by Gasteiger charge is -2.18. The van der Waals surface area contributed by atoms with Crippen molar-refractivity contribution >= 4 is 10.9 Å². The van der Waals surface area contributed by atoms with Gasteiger partial charge in [0.05, 0.1) is 11.2 Å². The minimum Gasteiger partial charge on any atom is -0.309 e. The standard InChI is InChI=1S/C27H24FNO/c1-4-17-5-12-25-23(13-17)27(30)24-15-19-14-18(16(2)3)6-11-22(19)26(24)29(25)21-9-7-20(28)8-10-21/h5-14,16H,4,15H2,1-3H3. The summed E-state index contributed by atoms with van der Waals surface area (Å²) in [7, 11) is 0. The van der Waals surface area contributed by atoms with E-state index >= 15 is 0 Å². The van der Waals surface area contributed by atoms with Crippen LogP contribution in [0.25, 0.3) is 27.8 Å². The van der Waals surface area contributed by atoms with Gasteiger partial charge in [-0.2, -0.15) is 0 Å². The first-order valence-electron chi connectivity index (χ1n) is 10.6. The van der Waals surface area contributed by atoms with E-state index in [4.69, 9.17) is 0 Å². The first-order valence-corrected chi connectivity index (χ1v) is 10.6. The van der Waals surface area contributed by atoms with Crippen molar-refractivity contribution < 1.29 is 4.39 Å². The van der Waals surface area contributed by atoms with Gasteiger partial charge in [0.2, 0.25) is 0 Å². The quantitative estimate of drug-likeness (QED) is 0.346. The lowest BCUT2D eigenvalue weighted by atomic mass is 9.98. The predicted octanol–water partition coefficient (Wildman–Crippen LogP) is 6.39. The average Bonchev–Trinajstić information content (AvgIpc) is 3.14. The second-order valence-corrected chi connectivity index (χ2v) is 8.42. The van der Waals surface area contributed by atoms with Gasteiger partial charge in [0.25, 0.3) is 0 Å². The lowest BCUT2D eigenvalue weighted by Crippen LogP contribution is -2.15. The molecule has 0 amide bonds. The molecule has 0 saturated carbocycles. The molecule has 1 aliphatic rings. The molecule has 0 N–H and O–H groups in total. The Morgan fingerprint density at radius 1 is 1.00 bits per heavy atom. The van der Waals surface area contributed by atoms with E-state index in [0.717, 1.165) is 45.4 Å². The molecule has 0 atom stereocenters. The first kappa shape index (κ1) is 18.8. The highest BCUT2D eigenvalue weighted by molar-refractivity contribution is 5.89. The van der Waals surface area contributed by atoms with Crippen molar-refractivity contribution in [1.82, 2.24) is 4.57 Å². The van der Waals surface area contributed by atoms with Gasteiger partial charge in [-0.3, -0.25) is 4.79 Å². The van der Waals surface area contributed by atoms with Gasteiger partial charge in [0.1, 0.15) is 5.82 Å². The SMILES string of the molecule is CCc1ccc2c(c1)c(=O)c1c(n2-c2ccc(F)cc2)-c2ccc(C(C)C)cc2C1. The van der Waals surface area contributed by atoms with Gasteiger partial charge >= 0.3 is 0 Å². The van der Waals surface area contributed by atoms with Crippen LogP contribution in [0.5, 0.6) is 0 Å². The van der Waals surface area contributed by atoms with Crippen LogP contribution in [0.1, 0.15) is 48.9 Å². The van der Waals surface area contributed by atoms with Gasteiger partial charge in [0.15, 0.2) is 5.43 Å². The topological polar surface area (TPSA) is 22.0 Å². The zero-order chi connectivity index (χ0) is 21.0. The molecular formula is C27H24FNO. The van der Waals surface area contributed by atoms with E-state index in [1.165, 1.54) is 23.3 Å². The summed E-state index contributed by atoms with van der Waals surface area (Å²) in [6, 6.07) is 19.2. The van der Waals surface area contributed by atoms with Crippen LogP contribution in [-0.2, 0) is 12.8 Å². The summed E-state index contributed by atoms with van der Waals surface area (Å²) >= 11 is 0. The molecule has 0 radical (unpaired) electrons. The number of aromatic nitrogens is 1. The Kier molecular flexibility index (Phi) is 4.35. The summed E-state index contributed by atoms with van der Waals surface area (Å²) in [4.78, 5) is 13.5. The Hall–Kier alpha value is -3.20. The van der Waals surface area contributed by atoms with Crippen molar-refractivity contribution in [3.05, 3.63) is 99.0 Å². The Balaban J connectivity index is 1.89. The van der Waals surface area contributed by atoms with E-state index in [1.807, 2.05) is 12.1 Å². The van der Waals surface area contributed by atoms with Gasteiger partial charge in [-0.15, -0.1) is 0 Å². The Morgan fingerprint density at radius 3 is 2.47 bits per heavy atom. The smallest absolute Gasteiger partial charge is 0.193 e. The third-order valence-electron chi connectivity index (χ3n) is 6.24. The summed E-state index contributed by atoms with van der Waals surface area (Å²) in [6.07, 6.45) is 1.51. The highest BCUT2D eigenvalue weighted by atomic mass is 19.1. The molecule has 30 heavy (non-hydrogen) atoms. The molecule has 1 aromatic heterocycles. The maximum absolute atomic E-state index is 13.7. The molecular weight excluding hydrogens is 373 g/mol. The number of rotatable bonds is 3. The third-order valence-corrected chi connectivity index (χ3v) is 6.24. The van der Waals surface area contributed by atoms with Crippen molar-refractivity contribution in [3.63, 3.8) is 0 Å². The van der Waals surface area contributed by atoms with Crippen LogP contribution in [-0.4, -0.2) is 4.57 Å². The summed E-state index contributed by atoms with van der Waals surface area (Å²) in [6.45, 7) is 6.46. The van der Waals surface area contributed by atoms with E-state index in [1.54, 1.807) is 12.1 Å². The molecule has 0 unspecified atom stereocenters. The fourth-order valence-corrected chi connectivity index (χ4v) is 4.55. The molecule has 3 aromatic carbocycles. The number of benzene rings is 3. The van der Waals surface area contributed by atoms with Crippen LogP contribution < -0.4 is 5.43 Å². The fraction of sp³-hybridized carbons (Fsp3) is 0.222. The van der Waals surface area contributed by atoms with Gasteiger partial charge in [-0.05, 0) is 65.4 Å². The molecule has 2 nitrogen and oxygen atoms in total. The number of nitrogens with zero attached hydrogens (tertiary/aromatic N) is 1. The van der Waals surface area contributed by atoms with Gasteiger partial charge < -0.3 is 4.57 Å². The molecule has 1 heterocycles. The summed E-state index contributed by atoms with van der Waals surface area (Å²) in [5.74, 6) is 0.164. The normalized spacial score (nSPS) is 12.4. The molecule has 0 saturated heterocycles. The Labute approximate surface area is 175 Å². The zero-order valence-electron chi connectivity index (χ0n) is 17.5. The second kappa shape index (κ2) is 6.94. The van der Waals surface area contributed by atoms with E-state index in [-0.39, 0.29) is 11.2 Å². The lowest BCUT2D eigenvalue weighted by molar-refractivity contribution is 0.627. The first-order chi connectivity index (χ1) is 14.5. The van der Waals surface area contributed by atoms with Crippen LogP contribution in [0.2, 0.25) is 0 Å². The number of aryl methyl sites for hydroxylation is 1. The Morgan fingerprint density at radius 2 is 1.77 bits per heavy atom. The molecule has 4 aromatic rings. The molecule has 0 fully saturated rings. The maximum Gasteiger partial charge on any atom is 0.193 e. The monoisotopic (exact) mass is 397 g/mol. The molecule has 0 aliphatic heterocycles. The van der Waals surface area contributed by atoms with Gasteiger partial charge in [0, 0.05) is 28.6 Å². The zero-order valence-corrected chi connectivity index (χ0v) is 17.5. The minimum atomic E-state index is -0.268. The highest BCUT2D eigenvalue weighted by Crippen LogP contribution is 2.40. The summed E-state index contributed by atoms with van der Waals surface area (Å²) in [5, 5.41) is 0.731. The van der Waals surface area contributed by atoms with Crippen molar-refractivity contribution in [2.75, 3.05) is 0 Å². The Bertz CT molecular complexity index is 1350. The molecule has 1 aliphatic carbocycles. The largest absolute Gasteiger partial charge is 0.309 e. The number of hydrogen-bond donors (Lipinski definition) is 0. The van der Waals surface area contributed by atoms with Crippen molar-refractivity contribution in [3.8, 4) is 16.9 Å². The minimum absolute atomic E-state index is 0.107. The maximum atomic E-state index is 13.7. The number of hydrogen-bond acceptors (Lipinski definition) is 1. The average molecular weight is 397 g/mol. The van der Waals surface area contributed by atoms with Crippen molar-refractivity contribution in [2.45, 2.75) is 39.5 Å². The predicted molar refractivity (Wildman–Crippen MR) is 121 cm³/mol. The fourth-order valence-electron chi connectivity index (χ4n) is 4.55. The molecule has 5 rings (SSSR count). The third kappa shape index (κ3) is 2.80.